The maximum atomic E-state index is 13.6. The van der Waals surface area contributed by atoms with Gasteiger partial charge < -0.3 is 20.5 Å². The van der Waals surface area contributed by atoms with Crippen LogP contribution in [0, 0.1) is 23.7 Å². The number of nitrogens with zero attached hydrogens (tertiary/aromatic N) is 4. The maximum absolute atomic E-state index is 13.6. The van der Waals surface area contributed by atoms with Crippen molar-refractivity contribution >= 4 is 31.4 Å². The Labute approximate surface area is 286 Å². The number of Topliss-reactive ketones (excluding diaryl/α,β-unsaturated/α-hetero) is 1. The van der Waals surface area contributed by atoms with Crippen LogP contribution in [0.5, 0.6) is 0 Å². The second-order valence-corrected chi connectivity index (χ2v) is 14.0. The van der Waals surface area contributed by atoms with Crippen molar-refractivity contribution in [3.05, 3.63) is 43.1 Å². The first-order chi connectivity index (χ1) is 22.8. The molecule has 1 aromatic carbocycles. The van der Waals surface area contributed by atoms with E-state index in [1.165, 1.54) is 0 Å². The lowest BCUT2D eigenvalue weighted by molar-refractivity contribution is -0.170. The predicted octanol–water partition coefficient (Wildman–Crippen LogP) is 5.22. The number of fused-ring (bicyclic) bond motifs is 1. The smallest absolute Gasteiger partial charge is 0.410 e. The van der Waals surface area contributed by atoms with Gasteiger partial charge in [-0.1, -0.05) is 50.0 Å². The molecule has 48 heavy (non-hydrogen) atoms. The topological polar surface area (TPSA) is 142 Å². The van der Waals surface area contributed by atoms with Crippen molar-refractivity contribution in [3.63, 3.8) is 0 Å². The summed E-state index contributed by atoms with van der Waals surface area (Å²) >= 11 is 0. The zero-order valence-electron chi connectivity index (χ0n) is 29.4. The third-order valence-electron chi connectivity index (χ3n) is 10.3. The minimum absolute atomic E-state index is 0.0235. The predicted molar refractivity (Wildman–Crippen MR) is 187 cm³/mol. The number of amides is 1. The number of carbonyl (C=O) groups excluding carboxylic acids is 3. The summed E-state index contributed by atoms with van der Waals surface area (Å²) in [4.78, 5) is 42.3. The van der Waals surface area contributed by atoms with Gasteiger partial charge in [-0.2, -0.15) is 0 Å². The number of aromatic nitrogens is 3. The highest BCUT2D eigenvalue weighted by Gasteiger charge is 2.58. The monoisotopic (exact) mass is 660 g/mol. The first-order valence-corrected chi connectivity index (χ1v) is 17.4. The SMILES string of the molecule is [B][C@H]1[C@@H](CC=C)C[C@@H](C)CN[C@H](C)[C@H]2N(CCCCn3cc(-c4cccc(N)c4)nn3)C(=O)O[C@]2(C)[C@@H](CC)OC(=O)[C@H](C)C(=O)[C@@H]1C. The van der Waals surface area contributed by atoms with Crippen LogP contribution in [-0.2, 0) is 25.6 Å². The number of esters is 1. The molecule has 1 amide bonds. The number of nitrogens with one attached hydrogen (secondary N) is 1. The van der Waals surface area contributed by atoms with Gasteiger partial charge in [0.1, 0.15) is 23.5 Å². The normalized spacial score (nSPS) is 32.1. The molecule has 12 heteroatoms. The highest BCUT2D eigenvalue weighted by Crippen LogP contribution is 2.39. The van der Waals surface area contributed by atoms with Crippen molar-refractivity contribution in [1.82, 2.24) is 25.2 Å². The van der Waals surface area contributed by atoms with Gasteiger partial charge in [-0.25, -0.2) is 4.79 Å². The van der Waals surface area contributed by atoms with E-state index in [4.69, 9.17) is 23.1 Å². The molecule has 0 spiro atoms. The second kappa shape index (κ2) is 16.2. The van der Waals surface area contributed by atoms with E-state index in [0.29, 0.717) is 44.6 Å². The van der Waals surface area contributed by atoms with Gasteiger partial charge in [0.2, 0.25) is 0 Å². The molecule has 2 aliphatic heterocycles. The lowest BCUT2D eigenvalue weighted by Crippen LogP contribution is -2.60. The summed E-state index contributed by atoms with van der Waals surface area (Å²) in [5, 5.41) is 12.2. The molecule has 2 aromatic rings. The number of hydrogen-bond donors (Lipinski definition) is 2. The molecule has 2 fully saturated rings. The molecular formula is C36H53BN6O5. The molecular weight excluding hydrogens is 607 g/mol. The third kappa shape index (κ3) is 8.30. The van der Waals surface area contributed by atoms with Gasteiger partial charge in [0.15, 0.2) is 5.60 Å². The summed E-state index contributed by atoms with van der Waals surface area (Å²) in [6, 6.07) is 6.90. The Morgan fingerprint density at radius 2 is 1.90 bits per heavy atom. The number of anilines is 1. The Balaban J connectivity index is 1.53. The van der Waals surface area contributed by atoms with E-state index < -0.39 is 47.5 Å². The Bertz CT molecular complexity index is 1430. The van der Waals surface area contributed by atoms with Gasteiger partial charge in [-0.05, 0) is 83.4 Å². The largest absolute Gasteiger partial charge is 0.458 e. The molecule has 0 aliphatic carbocycles. The molecule has 3 heterocycles. The summed E-state index contributed by atoms with van der Waals surface area (Å²) in [5.41, 5.74) is 7.09. The van der Waals surface area contributed by atoms with Gasteiger partial charge in [0, 0.05) is 36.3 Å². The van der Waals surface area contributed by atoms with Crippen molar-refractivity contribution in [2.45, 2.75) is 110 Å². The number of ether oxygens (including phenoxy) is 2. The number of allylic oxidation sites excluding steroid dienone is 1. The molecule has 1 aromatic heterocycles. The number of nitrogen functional groups attached to an aromatic ring is 1. The summed E-state index contributed by atoms with van der Waals surface area (Å²) in [6.07, 6.45) is 5.83. The van der Waals surface area contributed by atoms with Crippen LogP contribution in [-0.4, -0.2) is 82.5 Å². The molecule has 2 saturated heterocycles. The van der Waals surface area contributed by atoms with Crippen LogP contribution in [0.4, 0.5) is 10.5 Å². The standard InChI is InChI=1S/C36H53BN6O5/c1-8-13-27-18-22(3)20-39-25(6)33-36(7,30(9-2)47-34(45)24(5)32(44)23(4)31(27)37)48-35(46)43(33)17-11-10-16-42-21-29(40-41-42)26-14-12-15-28(38)19-26/h8,12,14-15,19,21-25,27,30-31,33,39H,1,9-11,13,16-18,20,38H2,2-7H3/t22-,23-,24-,25-,27+,30-,31-,33-,36-/m1/s1. The summed E-state index contributed by atoms with van der Waals surface area (Å²) in [6.45, 7) is 17.0. The van der Waals surface area contributed by atoms with Crippen LogP contribution in [0.1, 0.15) is 73.6 Å². The lowest BCUT2D eigenvalue weighted by Gasteiger charge is -2.40. The Hall–Kier alpha value is -3.67. The average Bonchev–Trinajstić information content (AvgIpc) is 3.64. The van der Waals surface area contributed by atoms with Gasteiger partial charge in [0.05, 0.1) is 20.1 Å². The van der Waals surface area contributed by atoms with Gasteiger partial charge in [-0.3, -0.25) is 19.2 Å². The quantitative estimate of drug-likeness (QED) is 0.0925. The number of hydrogen-bond acceptors (Lipinski definition) is 9. The second-order valence-electron chi connectivity index (χ2n) is 14.0. The molecule has 260 valence electrons. The fourth-order valence-corrected chi connectivity index (χ4v) is 7.46. The highest BCUT2D eigenvalue weighted by molar-refractivity contribution is 6.15. The first kappa shape index (κ1) is 37.2. The maximum Gasteiger partial charge on any atom is 0.410 e. The van der Waals surface area contributed by atoms with Crippen LogP contribution in [0.25, 0.3) is 11.3 Å². The number of ketones is 1. The molecule has 2 aliphatic rings. The van der Waals surface area contributed by atoms with Crippen LogP contribution >= 0.6 is 0 Å². The van der Waals surface area contributed by atoms with Crippen molar-refractivity contribution in [1.29, 1.82) is 0 Å². The fourth-order valence-electron chi connectivity index (χ4n) is 7.46. The molecule has 11 nitrogen and oxygen atoms in total. The number of benzene rings is 1. The number of aryl methyl sites for hydroxylation is 1. The van der Waals surface area contributed by atoms with E-state index >= 15 is 0 Å². The molecule has 3 N–H and O–H groups in total. The average molecular weight is 661 g/mol. The zero-order valence-corrected chi connectivity index (χ0v) is 29.4. The number of nitrogens with two attached hydrogens (primary N) is 1. The van der Waals surface area contributed by atoms with Crippen LogP contribution in [0.3, 0.4) is 0 Å². The Kier molecular flexibility index (Phi) is 12.5. The van der Waals surface area contributed by atoms with Crippen molar-refractivity contribution in [2.24, 2.45) is 23.7 Å². The highest BCUT2D eigenvalue weighted by atomic mass is 16.6. The number of carbonyl (C=O) groups is 3. The molecule has 9 atom stereocenters. The minimum Gasteiger partial charge on any atom is -0.458 e. The number of rotatable bonds is 9. The van der Waals surface area contributed by atoms with E-state index in [0.717, 1.165) is 24.1 Å². The van der Waals surface area contributed by atoms with Crippen LogP contribution in [0.2, 0.25) is 5.82 Å². The minimum atomic E-state index is -1.15. The number of cyclic esters (lactones) is 1. The molecule has 4 rings (SSSR count). The van der Waals surface area contributed by atoms with Gasteiger partial charge in [-0.15, -0.1) is 11.7 Å². The van der Waals surface area contributed by atoms with E-state index in [1.54, 1.807) is 23.4 Å². The molecule has 0 unspecified atom stereocenters. The summed E-state index contributed by atoms with van der Waals surface area (Å²) in [7, 11) is 6.67. The van der Waals surface area contributed by atoms with Gasteiger partial charge in [0.25, 0.3) is 0 Å². The van der Waals surface area contributed by atoms with E-state index in [-0.39, 0.29) is 23.7 Å². The lowest BCUT2D eigenvalue weighted by atomic mass is 9.63. The summed E-state index contributed by atoms with van der Waals surface area (Å²) < 4.78 is 14.0. The van der Waals surface area contributed by atoms with E-state index in [1.807, 2.05) is 57.3 Å². The van der Waals surface area contributed by atoms with E-state index in [2.05, 4.69) is 29.1 Å². The summed E-state index contributed by atoms with van der Waals surface area (Å²) in [5.74, 6) is -2.59. The number of unbranched alkanes of at least 4 members (excludes halogenated alkanes) is 1. The van der Waals surface area contributed by atoms with Gasteiger partial charge >= 0.3 is 12.1 Å². The molecule has 2 radical (unpaired) electrons. The third-order valence-corrected chi connectivity index (χ3v) is 10.3. The zero-order chi connectivity index (χ0) is 35.2. The Morgan fingerprint density at radius 3 is 2.58 bits per heavy atom. The Morgan fingerprint density at radius 1 is 1.17 bits per heavy atom. The van der Waals surface area contributed by atoms with Crippen molar-refractivity contribution in [3.8, 4) is 11.3 Å². The first-order valence-electron chi connectivity index (χ1n) is 17.4. The van der Waals surface area contributed by atoms with Crippen molar-refractivity contribution < 1.29 is 23.9 Å². The molecule has 0 saturated carbocycles. The van der Waals surface area contributed by atoms with E-state index in [9.17, 15) is 14.4 Å². The van der Waals surface area contributed by atoms with Crippen LogP contribution < -0.4 is 11.1 Å². The van der Waals surface area contributed by atoms with Crippen LogP contribution in [0.15, 0.2) is 43.1 Å². The fraction of sp³-hybridized carbons (Fsp3) is 0.639. The molecule has 0 bridgehead atoms. The van der Waals surface area contributed by atoms with Crippen molar-refractivity contribution in [2.75, 3.05) is 18.8 Å².